The number of ketones is 1. The third kappa shape index (κ3) is 7.29. The highest BCUT2D eigenvalue weighted by Gasteiger charge is 2.27. The zero-order valence-electron chi connectivity index (χ0n) is 17.6. The highest BCUT2D eigenvalue weighted by atomic mass is 32.1. The Labute approximate surface area is 184 Å². The van der Waals surface area contributed by atoms with Gasteiger partial charge >= 0.3 is 5.97 Å². The lowest BCUT2D eigenvalue weighted by Gasteiger charge is -2.20. The molecular formula is C22H25FN2O5S. The summed E-state index contributed by atoms with van der Waals surface area (Å²) in [6, 6.07) is 7.85. The van der Waals surface area contributed by atoms with Gasteiger partial charge in [-0.15, -0.1) is 11.3 Å². The molecule has 31 heavy (non-hydrogen) atoms. The number of amides is 2. The zero-order valence-corrected chi connectivity index (χ0v) is 18.4. The molecule has 0 saturated heterocycles. The minimum absolute atomic E-state index is 0.124. The van der Waals surface area contributed by atoms with E-state index < -0.39 is 30.3 Å². The summed E-state index contributed by atoms with van der Waals surface area (Å²) in [6.07, 6.45) is 0.592. The average Bonchev–Trinajstić information content (AvgIpc) is 3.18. The summed E-state index contributed by atoms with van der Waals surface area (Å²) >= 11 is 1.26. The Hall–Kier alpha value is -3.07. The first-order valence-electron chi connectivity index (χ1n) is 9.77. The molecule has 0 aliphatic rings. The van der Waals surface area contributed by atoms with Crippen LogP contribution in [0.25, 0.3) is 0 Å². The summed E-state index contributed by atoms with van der Waals surface area (Å²) in [5, 5.41) is 5.16. The van der Waals surface area contributed by atoms with Crippen molar-refractivity contribution in [3.63, 3.8) is 0 Å². The molecule has 0 spiro atoms. The summed E-state index contributed by atoms with van der Waals surface area (Å²) in [7, 11) is 0. The van der Waals surface area contributed by atoms with E-state index in [1.807, 2.05) is 0 Å². The molecule has 0 radical (unpaired) electrons. The maximum Gasteiger partial charge on any atom is 0.329 e. The fourth-order valence-corrected chi connectivity index (χ4v) is 3.62. The van der Waals surface area contributed by atoms with Crippen LogP contribution in [0, 0.1) is 11.7 Å². The molecule has 0 saturated carbocycles. The van der Waals surface area contributed by atoms with Crippen LogP contribution in [0.2, 0.25) is 0 Å². The quantitative estimate of drug-likeness (QED) is 0.430. The molecule has 166 valence electrons. The molecule has 1 aromatic carbocycles. The van der Waals surface area contributed by atoms with Crippen molar-refractivity contribution in [1.82, 2.24) is 10.6 Å². The van der Waals surface area contributed by atoms with Gasteiger partial charge in [-0.3, -0.25) is 14.4 Å². The predicted octanol–water partition coefficient (Wildman–Crippen LogP) is 2.75. The zero-order chi connectivity index (χ0) is 23.0. The van der Waals surface area contributed by atoms with Crippen LogP contribution in [0.15, 0.2) is 36.4 Å². The third-order valence-electron chi connectivity index (χ3n) is 4.35. The van der Waals surface area contributed by atoms with Gasteiger partial charge in [-0.05, 0) is 36.6 Å². The van der Waals surface area contributed by atoms with Crippen molar-refractivity contribution in [2.24, 2.45) is 5.92 Å². The van der Waals surface area contributed by atoms with Gasteiger partial charge in [0.05, 0.1) is 10.4 Å². The van der Waals surface area contributed by atoms with Gasteiger partial charge in [-0.25, -0.2) is 9.18 Å². The lowest BCUT2D eigenvalue weighted by atomic mass is 10.0. The number of thiophene rings is 1. The molecule has 1 aromatic heterocycles. The molecule has 7 nitrogen and oxygen atoms in total. The number of rotatable bonds is 10. The second-order valence-corrected chi connectivity index (χ2v) is 8.37. The van der Waals surface area contributed by atoms with Crippen molar-refractivity contribution in [3.8, 4) is 0 Å². The first-order chi connectivity index (χ1) is 14.7. The molecule has 2 N–H and O–H groups in total. The molecule has 0 bridgehead atoms. The second kappa shape index (κ2) is 11.4. The van der Waals surface area contributed by atoms with Gasteiger partial charge in [0.25, 0.3) is 5.91 Å². The minimum atomic E-state index is -1.03. The number of esters is 1. The van der Waals surface area contributed by atoms with Crippen molar-refractivity contribution in [2.45, 2.75) is 33.2 Å². The summed E-state index contributed by atoms with van der Waals surface area (Å²) in [5.74, 6) is -3.02. The highest BCUT2D eigenvalue weighted by Crippen LogP contribution is 2.18. The number of nitrogens with one attached hydrogen (secondary N) is 2. The van der Waals surface area contributed by atoms with Crippen molar-refractivity contribution in [2.75, 3.05) is 13.2 Å². The minimum Gasteiger partial charge on any atom is -0.456 e. The maximum absolute atomic E-state index is 13.8. The van der Waals surface area contributed by atoms with Gasteiger partial charge in [-0.2, -0.15) is 0 Å². The predicted molar refractivity (Wildman–Crippen MR) is 114 cm³/mol. The van der Waals surface area contributed by atoms with Crippen LogP contribution in [0.4, 0.5) is 4.39 Å². The fourth-order valence-electron chi connectivity index (χ4n) is 2.68. The molecule has 0 aliphatic carbocycles. The largest absolute Gasteiger partial charge is 0.456 e. The van der Waals surface area contributed by atoms with Crippen LogP contribution in [0.1, 0.15) is 45.7 Å². The summed E-state index contributed by atoms with van der Waals surface area (Å²) in [5.41, 5.74) is -0.178. The monoisotopic (exact) mass is 448 g/mol. The number of ether oxygens (including phenoxy) is 1. The van der Waals surface area contributed by atoms with Crippen LogP contribution in [-0.4, -0.2) is 42.8 Å². The van der Waals surface area contributed by atoms with E-state index >= 15 is 0 Å². The number of Topliss-reactive ketones (excluding diaryl/α,β-unsaturated/α-hetero) is 1. The smallest absolute Gasteiger partial charge is 0.329 e. The molecule has 1 heterocycles. The molecule has 0 fully saturated rings. The number of carbonyl (C=O) groups is 4. The van der Waals surface area contributed by atoms with Crippen molar-refractivity contribution < 1.29 is 28.3 Å². The highest BCUT2D eigenvalue weighted by molar-refractivity contribution is 7.14. The van der Waals surface area contributed by atoms with Crippen LogP contribution in [-0.2, 0) is 20.7 Å². The maximum atomic E-state index is 13.8. The topological polar surface area (TPSA) is 102 Å². The molecule has 1 unspecified atom stereocenters. The number of benzene rings is 1. The van der Waals surface area contributed by atoms with Crippen LogP contribution in [0.5, 0.6) is 0 Å². The van der Waals surface area contributed by atoms with E-state index in [2.05, 4.69) is 10.6 Å². The molecule has 2 amide bonds. The molecule has 2 rings (SSSR count). The number of carbonyl (C=O) groups excluding carboxylic acids is 4. The van der Waals surface area contributed by atoms with Gasteiger partial charge in [0.15, 0.2) is 6.61 Å². The lowest BCUT2D eigenvalue weighted by molar-refractivity contribution is -0.146. The van der Waals surface area contributed by atoms with E-state index in [1.165, 1.54) is 36.5 Å². The van der Waals surface area contributed by atoms with E-state index in [0.717, 1.165) is 10.9 Å². The van der Waals surface area contributed by atoms with Crippen molar-refractivity contribution in [3.05, 3.63) is 57.5 Å². The van der Waals surface area contributed by atoms with Crippen LogP contribution in [0.3, 0.4) is 0 Å². The Morgan fingerprint density at radius 2 is 1.81 bits per heavy atom. The normalized spacial score (nSPS) is 11.6. The Bertz CT molecular complexity index is 957. The van der Waals surface area contributed by atoms with Gasteiger partial charge < -0.3 is 15.4 Å². The summed E-state index contributed by atoms with van der Waals surface area (Å²) in [6.45, 7) is 4.84. The van der Waals surface area contributed by atoms with E-state index in [-0.39, 0.29) is 23.2 Å². The molecule has 1 atom stereocenters. The van der Waals surface area contributed by atoms with Gasteiger partial charge in [0.2, 0.25) is 11.7 Å². The lowest BCUT2D eigenvalue weighted by Crippen LogP contribution is -2.45. The van der Waals surface area contributed by atoms with E-state index in [4.69, 9.17) is 4.74 Å². The van der Waals surface area contributed by atoms with Gasteiger partial charge in [0.1, 0.15) is 11.9 Å². The molecule has 9 heteroatoms. The van der Waals surface area contributed by atoms with Gasteiger partial charge in [0, 0.05) is 18.3 Å². The Kier molecular flexibility index (Phi) is 8.87. The van der Waals surface area contributed by atoms with Crippen LogP contribution >= 0.6 is 11.3 Å². The fraction of sp³-hybridized carbons (Fsp3) is 0.364. The van der Waals surface area contributed by atoms with E-state index in [0.29, 0.717) is 17.8 Å². The Morgan fingerprint density at radius 3 is 2.45 bits per heavy atom. The van der Waals surface area contributed by atoms with Crippen LogP contribution < -0.4 is 10.6 Å². The van der Waals surface area contributed by atoms with E-state index in [1.54, 1.807) is 26.0 Å². The summed E-state index contributed by atoms with van der Waals surface area (Å²) < 4.78 is 18.9. The first kappa shape index (κ1) is 24.2. The Morgan fingerprint density at radius 1 is 1.10 bits per heavy atom. The van der Waals surface area contributed by atoms with Gasteiger partial charge in [-0.1, -0.05) is 26.0 Å². The molecule has 0 aliphatic heterocycles. The van der Waals surface area contributed by atoms with E-state index in [9.17, 15) is 23.6 Å². The number of halogens is 1. The SMILES string of the molecule is CC(=O)NCCc1ccc(C(=O)COC(=O)C(NC(=O)c2ccccc2F)C(C)C)s1. The number of hydrogen-bond acceptors (Lipinski definition) is 6. The van der Waals surface area contributed by atoms with Crippen molar-refractivity contribution >= 4 is 34.9 Å². The average molecular weight is 449 g/mol. The standard InChI is InChI=1S/C22H25FN2O5S/c1-13(2)20(25-21(28)16-6-4-5-7-17(16)23)22(29)30-12-18(27)19-9-8-15(31-19)10-11-24-14(3)26/h4-9,13,20H,10-12H2,1-3H3,(H,24,26)(H,25,28). The number of hydrogen-bond donors (Lipinski definition) is 2. The molecule has 2 aromatic rings. The Balaban J connectivity index is 1.92. The van der Waals surface area contributed by atoms with Crippen molar-refractivity contribution in [1.29, 1.82) is 0 Å². The summed E-state index contributed by atoms with van der Waals surface area (Å²) in [4.78, 5) is 49.4. The second-order valence-electron chi connectivity index (χ2n) is 7.20. The first-order valence-corrected chi connectivity index (χ1v) is 10.6. The molecular weight excluding hydrogens is 423 g/mol. The third-order valence-corrected chi connectivity index (χ3v) is 5.54.